The Hall–Kier alpha value is -1.59. The minimum absolute atomic E-state index is 0.0543. The average molecular weight is 361 g/mol. The summed E-state index contributed by atoms with van der Waals surface area (Å²) in [5.41, 5.74) is -0.594. The first kappa shape index (κ1) is 17.8. The summed E-state index contributed by atoms with van der Waals surface area (Å²) >= 11 is 0. The number of carbonyl (C=O) groups excluding carboxylic acids is 2. The maximum absolute atomic E-state index is 12.9. The molecular weight excluding hydrogens is 328 g/mol. The van der Waals surface area contributed by atoms with Crippen molar-refractivity contribution in [3.8, 4) is 0 Å². The molecule has 4 rings (SSSR count). The number of urea groups is 1. The van der Waals surface area contributed by atoms with E-state index in [1.165, 1.54) is 32.1 Å². The van der Waals surface area contributed by atoms with Gasteiger partial charge in [-0.2, -0.15) is 0 Å². The minimum Gasteiger partial charge on any atom is -0.338 e. The summed E-state index contributed by atoms with van der Waals surface area (Å²) in [7, 11) is 1.84. The fraction of sp³-hybridized carbons (Fsp3) is 0.850. The van der Waals surface area contributed by atoms with Gasteiger partial charge in [0, 0.05) is 39.0 Å². The van der Waals surface area contributed by atoms with E-state index in [1.807, 2.05) is 18.9 Å². The Morgan fingerprint density at radius 3 is 2.69 bits per heavy atom. The van der Waals surface area contributed by atoms with Crippen LogP contribution in [0.5, 0.6) is 0 Å². The van der Waals surface area contributed by atoms with Gasteiger partial charge >= 0.3 is 6.03 Å². The Labute approximate surface area is 156 Å². The summed E-state index contributed by atoms with van der Waals surface area (Å²) in [6, 6.07) is 0.0543. The lowest BCUT2D eigenvalue weighted by Crippen LogP contribution is -2.47. The minimum atomic E-state index is -0.594. The molecule has 0 unspecified atom stereocenters. The molecule has 3 atom stereocenters. The molecule has 4 aliphatic rings. The number of fused-ring (bicyclic) bond motifs is 2. The van der Waals surface area contributed by atoms with Crippen LogP contribution in [0.25, 0.3) is 0 Å². The number of likely N-dealkylation sites (N-methyl/N-ethyl adjacent to an activating group) is 1. The smallest absolute Gasteiger partial charge is 0.317 e. The molecule has 2 aliphatic heterocycles. The third kappa shape index (κ3) is 2.81. The van der Waals surface area contributed by atoms with Gasteiger partial charge in [-0.15, -0.1) is 0 Å². The molecule has 26 heavy (non-hydrogen) atoms. The molecule has 1 saturated heterocycles. The summed E-state index contributed by atoms with van der Waals surface area (Å²) in [5.74, 6) is 2.28. The van der Waals surface area contributed by atoms with E-state index in [0.29, 0.717) is 18.4 Å². The maximum atomic E-state index is 12.9. The van der Waals surface area contributed by atoms with Gasteiger partial charge in [-0.3, -0.25) is 9.79 Å². The number of nitrogens with zero attached hydrogens (tertiary/aromatic N) is 3. The standard InChI is InChI=1S/C20H32N4O2/c1-3-17-22-20(18(25)23(17)2)10-9-15-12-24(13-16(15)20)19(26)21-11-14-7-5-4-6-8-14/h14-16H,3-13H2,1-2H3,(H,21,26)/t15-,16-,20-/m1/s1. The Morgan fingerprint density at radius 1 is 1.23 bits per heavy atom. The van der Waals surface area contributed by atoms with Gasteiger partial charge in [0.15, 0.2) is 0 Å². The van der Waals surface area contributed by atoms with Crippen molar-refractivity contribution >= 4 is 17.8 Å². The van der Waals surface area contributed by atoms with Gasteiger partial charge < -0.3 is 15.1 Å². The Kier molecular flexibility index (Phi) is 4.70. The molecular formula is C20H32N4O2. The van der Waals surface area contributed by atoms with E-state index < -0.39 is 5.54 Å². The number of aliphatic imine (C=N–C) groups is 1. The Morgan fingerprint density at radius 2 is 2.00 bits per heavy atom. The second-order valence-corrected chi connectivity index (χ2v) is 8.67. The fourth-order valence-electron chi connectivity index (χ4n) is 5.68. The van der Waals surface area contributed by atoms with Gasteiger partial charge in [-0.05, 0) is 37.5 Å². The molecule has 3 fully saturated rings. The molecule has 3 amide bonds. The topological polar surface area (TPSA) is 65.0 Å². The first-order valence-corrected chi connectivity index (χ1v) is 10.4. The second kappa shape index (κ2) is 6.86. The zero-order valence-corrected chi connectivity index (χ0v) is 16.2. The molecule has 144 valence electrons. The zero-order chi connectivity index (χ0) is 18.3. The molecule has 0 radical (unpaired) electrons. The Bertz CT molecular complexity index is 613. The van der Waals surface area contributed by atoms with Crippen LogP contribution in [0.1, 0.15) is 58.3 Å². The number of likely N-dealkylation sites (tertiary alicyclic amines) is 1. The van der Waals surface area contributed by atoms with E-state index in [9.17, 15) is 9.59 Å². The predicted octanol–water partition coefficient (Wildman–Crippen LogP) is 2.64. The normalized spacial score (nSPS) is 34.5. The van der Waals surface area contributed by atoms with Gasteiger partial charge in [-0.25, -0.2) is 4.79 Å². The van der Waals surface area contributed by atoms with Crippen LogP contribution in [0, 0.1) is 17.8 Å². The summed E-state index contributed by atoms with van der Waals surface area (Å²) in [6.45, 7) is 4.29. The van der Waals surface area contributed by atoms with Gasteiger partial charge in [0.05, 0.1) is 0 Å². The van der Waals surface area contributed by atoms with Crippen molar-refractivity contribution in [1.82, 2.24) is 15.1 Å². The van der Waals surface area contributed by atoms with Crippen molar-refractivity contribution < 1.29 is 9.59 Å². The van der Waals surface area contributed by atoms with E-state index in [4.69, 9.17) is 4.99 Å². The Balaban J connectivity index is 1.39. The molecule has 2 aliphatic carbocycles. The summed E-state index contributed by atoms with van der Waals surface area (Å²) in [6.07, 6.45) is 9.03. The van der Waals surface area contributed by atoms with Crippen LogP contribution in [0.15, 0.2) is 4.99 Å². The van der Waals surface area contributed by atoms with Gasteiger partial charge in [-0.1, -0.05) is 26.2 Å². The lowest BCUT2D eigenvalue weighted by molar-refractivity contribution is -0.131. The number of rotatable bonds is 3. The number of hydrogen-bond donors (Lipinski definition) is 1. The van der Waals surface area contributed by atoms with Crippen LogP contribution >= 0.6 is 0 Å². The third-order valence-corrected chi connectivity index (χ3v) is 7.21. The number of amides is 3. The average Bonchev–Trinajstić information content (AvgIpc) is 3.30. The van der Waals surface area contributed by atoms with Gasteiger partial charge in [0.25, 0.3) is 5.91 Å². The molecule has 1 N–H and O–H groups in total. The van der Waals surface area contributed by atoms with Crippen molar-refractivity contribution in [2.45, 2.75) is 63.8 Å². The van der Waals surface area contributed by atoms with Gasteiger partial charge in [0.1, 0.15) is 11.4 Å². The first-order valence-electron chi connectivity index (χ1n) is 10.4. The number of hydrogen-bond acceptors (Lipinski definition) is 3. The van der Waals surface area contributed by atoms with E-state index in [0.717, 1.165) is 38.2 Å². The van der Waals surface area contributed by atoms with Crippen molar-refractivity contribution in [3.05, 3.63) is 0 Å². The second-order valence-electron chi connectivity index (χ2n) is 8.67. The lowest BCUT2D eigenvalue weighted by atomic mass is 9.85. The fourth-order valence-corrected chi connectivity index (χ4v) is 5.68. The third-order valence-electron chi connectivity index (χ3n) is 7.21. The quantitative estimate of drug-likeness (QED) is 0.841. The van der Waals surface area contributed by atoms with E-state index in [-0.39, 0.29) is 17.9 Å². The highest BCUT2D eigenvalue weighted by molar-refractivity contribution is 6.08. The van der Waals surface area contributed by atoms with Gasteiger partial charge in [0.2, 0.25) is 0 Å². The summed E-state index contributed by atoms with van der Waals surface area (Å²) < 4.78 is 0. The van der Waals surface area contributed by atoms with E-state index in [2.05, 4.69) is 5.32 Å². The number of amidine groups is 1. The highest BCUT2D eigenvalue weighted by Crippen LogP contribution is 2.50. The maximum Gasteiger partial charge on any atom is 0.317 e. The van der Waals surface area contributed by atoms with Crippen LogP contribution in [0.2, 0.25) is 0 Å². The van der Waals surface area contributed by atoms with Crippen molar-refractivity contribution in [3.63, 3.8) is 0 Å². The van der Waals surface area contributed by atoms with Crippen molar-refractivity contribution in [2.24, 2.45) is 22.7 Å². The molecule has 2 heterocycles. The van der Waals surface area contributed by atoms with Crippen LogP contribution in [0.4, 0.5) is 4.79 Å². The lowest BCUT2D eigenvalue weighted by Gasteiger charge is -2.27. The molecule has 6 heteroatoms. The molecule has 0 aromatic carbocycles. The molecule has 2 saturated carbocycles. The summed E-state index contributed by atoms with van der Waals surface area (Å²) in [4.78, 5) is 34.2. The number of carbonyl (C=O) groups is 2. The highest BCUT2D eigenvalue weighted by Gasteiger charge is 2.60. The largest absolute Gasteiger partial charge is 0.338 e. The monoisotopic (exact) mass is 360 g/mol. The molecule has 6 nitrogen and oxygen atoms in total. The van der Waals surface area contributed by atoms with Crippen LogP contribution in [-0.4, -0.2) is 59.8 Å². The highest BCUT2D eigenvalue weighted by atomic mass is 16.2. The van der Waals surface area contributed by atoms with E-state index in [1.54, 1.807) is 4.90 Å². The molecule has 0 aromatic rings. The van der Waals surface area contributed by atoms with Crippen LogP contribution < -0.4 is 5.32 Å². The summed E-state index contributed by atoms with van der Waals surface area (Å²) in [5, 5.41) is 3.16. The van der Waals surface area contributed by atoms with Crippen molar-refractivity contribution in [1.29, 1.82) is 0 Å². The SMILES string of the molecule is CCC1=N[C@@]2(CC[C@@H]3CN(C(=O)NCC4CCCCC4)C[C@H]32)C(=O)N1C. The van der Waals surface area contributed by atoms with Crippen LogP contribution in [-0.2, 0) is 4.79 Å². The molecule has 0 aromatic heterocycles. The number of nitrogens with one attached hydrogen (secondary N) is 1. The predicted molar refractivity (Wildman–Crippen MR) is 101 cm³/mol. The molecule has 1 spiro atoms. The molecule has 0 bridgehead atoms. The van der Waals surface area contributed by atoms with E-state index >= 15 is 0 Å². The van der Waals surface area contributed by atoms with Crippen molar-refractivity contribution in [2.75, 3.05) is 26.7 Å². The zero-order valence-electron chi connectivity index (χ0n) is 16.2. The van der Waals surface area contributed by atoms with Crippen LogP contribution in [0.3, 0.4) is 0 Å². The first-order chi connectivity index (χ1) is 12.5.